The number of hydrogen-bond donors (Lipinski definition) is 0. The Labute approximate surface area is 63.8 Å². The molecule has 1 heteroatoms. The van der Waals surface area contributed by atoms with E-state index in [2.05, 4.69) is 34.6 Å². The van der Waals surface area contributed by atoms with Crippen molar-refractivity contribution in [2.45, 2.75) is 46.8 Å². The highest BCUT2D eigenvalue weighted by atomic mass is 16.6. The molecule has 2 atom stereocenters. The summed E-state index contributed by atoms with van der Waals surface area (Å²) >= 11 is 0. The number of rotatable bonds is 1. The van der Waals surface area contributed by atoms with Gasteiger partial charge in [0.05, 0.1) is 12.2 Å². The fourth-order valence-electron chi connectivity index (χ4n) is 1.33. The quantitative estimate of drug-likeness (QED) is 0.512. The first-order chi connectivity index (χ1) is 4.43. The summed E-state index contributed by atoms with van der Waals surface area (Å²) in [6.45, 7) is 11.1. The van der Waals surface area contributed by atoms with E-state index >= 15 is 0 Å². The van der Waals surface area contributed by atoms with Crippen molar-refractivity contribution in [3.05, 3.63) is 0 Å². The van der Waals surface area contributed by atoms with Crippen LogP contribution < -0.4 is 0 Å². The van der Waals surface area contributed by atoms with Crippen LogP contribution in [0.2, 0.25) is 0 Å². The van der Waals surface area contributed by atoms with Crippen molar-refractivity contribution in [1.82, 2.24) is 0 Å². The lowest BCUT2D eigenvalue weighted by Crippen LogP contribution is -2.18. The van der Waals surface area contributed by atoms with Crippen LogP contribution in [0.1, 0.15) is 34.6 Å². The monoisotopic (exact) mass is 142 g/mol. The zero-order valence-corrected chi connectivity index (χ0v) is 7.64. The van der Waals surface area contributed by atoms with E-state index in [1.807, 2.05) is 0 Å². The van der Waals surface area contributed by atoms with Crippen molar-refractivity contribution >= 4 is 0 Å². The molecule has 1 rings (SSSR count). The molecule has 0 aliphatic carbocycles. The van der Waals surface area contributed by atoms with Gasteiger partial charge < -0.3 is 4.74 Å². The lowest BCUT2D eigenvalue weighted by molar-refractivity contribution is 0.256. The summed E-state index contributed by atoms with van der Waals surface area (Å²) in [5.41, 5.74) is 0.342. The minimum Gasteiger partial charge on any atom is -0.369 e. The topological polar surface area (TPSA) is 12.5 Å². The third kappa shape index (κ3) is 1.51. The molecule has 0 saturated carbocycles. The van der Waals surface area contributed by atoms with Gasteiger partial charge in [-0.3, -0.25) is 0 Å². The maximum atomic E-state index is 5.54. The standard InChI is InChI=1S/C9H18O/c1-6(2)7-8(10-7)9(3,4)5/h6-8H,1-5H3. The predicted octanol–water partition coefficient (Wildman–Crippen LogP) is 2.46. The fraction of sp³-hybridized carbons (Fsp3) is 1.00. The second kappa shape index (κ2) is 2.23. The zero-order chi connectivity index (χ0) is 7.94. The van der Waals surface area contributed by atoms with Gasteiger partial charge in [-0.1, -0.05) is 34.6 Å². The normalized spacial score (nSPS) is 33.0. The van der Waals surface area contributed by atoms with Crippen LogP contribution in [-0.4, -0.2) is 12.2 Å². The smallest absolute Gasteiger partial charge is 0.0892 e. The van der Waals surface area contributed by atoms with Gasteiger partial charge in [0.2, 0.25) is 0 Å². The zero-order valence-electron chi connectivity index (χ0n) is 7.64. The molecule has 0 spiro atoms. The molecule has 10 heavy (non-hydrogen) atoms. The molecule has 0 aromatic heterocycles. The summed E-state index contributed by atoms with van der Waals surface area (Å²) in [7, 11) is 0. The minimum atomic E-state index is 0.342. The number of ether oxygens (including phenoxy) is 1. The Morgan fingerprint density at radius 2 is 1.70 bits per heavy atom. The molecule has 0 radical (unpaired) electrons. The number of epoxide rings is 1. The molecule has 0 bridgehead atoms. The largest absolute Gasteiger partial charge is 0.369 e. The molecule has 60 valence electrons. The fourth-order valence-corrected chi connectivity index (χ4v) is 1.33. The van der Waals surface area contributed by atoms with Gasteiger partial charge in [0.1, 0.15) is 0 Å². The highest BCUT2D eigenvalue weighted by Gasteiger charge is 2.48. The molecule has 2 unspecified atom stereocenters. The van der Waals surface area contributed by atoms with Gasteiger partial charge in [-0.15, -0.1) is 0 Å². The van der Waals surface area contributed by atoms with E-state index < -0.39 is 0 Å². The highest BCUT2D eigenvalue weighted by molar-refractivity contribution is 4.95. The Morgan fingerprint density at radius 1 is 1.20 bits per heavy atom. The summed E-state index contributed by atoms with van der Waals surface area (Å²) in [5, 5.41) is 0. The lowest BCUT2D eigenvalue weighted by Gasteiger charge is -2.14. The van der Waals surface area contributed by atoms with Gasteiger partial charge in [-0.25, -0.2) is 0 Å². The van der Waals surface area contributed by atoms with Crippen LogP contribution in [0.3, 0.4) is 0 Å². The van der Waals surface area contributed by atoms with Gasteiger partial charge in [0, 0.05) is 0 Å². The van der Waals surface area contributed by atoms with Crippen LogP contribution in [0.5, 0.6) is 0 Å². The first-order valence-electron chi connectivity index (χ1n) is 4.08. The van der Waals surface area contributed by atoms with Crippen LogP contribution in [0.25, 0.3) is 0 Å². The average Bonchev–Trinajstić information content (AvgIpc) is 2.35. The molecule has 1 heterocycles. The molecule has 1 fully saturated rings. The van der Waals surface area contributed by atoms with E-state index in [1.54, 1.807) is 0 Å². The Hall–Kier alpha value is -0.0400. The van der Waals surface area contributed by atoms with Crippen molar-refractivity contribution in [3.8, 4) is 0 Å². The van der Waals surface area contributed by atoms with Gasteiger partial charge in [0.25, 0.3) is 0 Å². The van der Waals surface area contributed by atoms with Crippen LogP contribution in [-0.2, 0) is 4.74 Å². The van der Waals surface area contributed by atoms with Crippen LogP contribution in [0.4, 0.5) is 0 Å². The predicted molar refractivity (Wildman–Crippen MR) is 43.0 cm³/mol. The first-order valence-corrected chi connectivity index (χ1v) is 4.08. The van der Waals surface area contributed by atoms with Crippen LogP contribution >= 0.6 is 0 Å². The van der Waals surface area contributed by atoms with E-state index in [-0.39, 0.29) is 0 Å². The molecule has 0 N–H and O–H groups in total. The summed E-state index contributed by atoms with van der Waals surface area (Å²) < 4.78 is 5.54. The number of hydrogen-bond acceptors (Lipinski definition) is 1. The molecule has 1 nitrogen and oxygen atoms in total. The molecular formula is C9H18O. The van der Waals surface area contributed by atoms with Gasteiger partial charge in [0.15, 0.2) is 0 Å². The Kier molecular flexibility index (Phi) is 1.80. The van der Waals surface area contributed by atoms with E-state index in [1.165, 1.54) is 0 Å². The summed E-state index contributed by atoms with van der Waals surface area (Å²) in [4.78, 5) is 0. The van der Waals surface area contributed by atoms with Crippen LogP contribution in [0.15, 0.2) is 0 Å². The van der Waals surface area contributed by atoms with Crippen LogP contribution in [0, 0.1) is 11.3 Å². The summed E-state index contributed by atoms with van der Waals surface area (Å²) in [6, 6.07) is 0. The van der Waals surface area contributed by atoms with E-state index in [4.69, 9.17) is 4.74 Å². The second-order valence-electron chi connectivity index (χ2n) is 4.63. The second-order valence-corrected chi connectivity index (χ2v) is 4.63. The SMILES string of the molecule is CC(C)C1OC1C(C)(C)C. The summed E-state index contributed by atoms with van der Waals surface area (Å²) in [5.74, 6) is 0.684. The molecule has 1 saturated heterocycles. The van der Waals surface area contributed by atoms with Crippen molar-refractivity contribution in [2.24, 2.45) is 11.3 Å². The van der Waals surface area contributed by atoms with Gasteiger partial charge >= 0.3 is 0 Å². The molecule has 1 aliphatic rings. The Balaban J connectivity index is 2.39. The molecular weight excluding hydrogens is 124 g/mol. The maximum absolute atomic E-state index is 5.54. The van der Waals surface area contributed by atoms with E-state index in [0.717, 1.165) is 0 Å². The van der Waals surface area contributed by atoms with Crippen molar-refractivity contribution < 1.29 is 4.74 Å². The maximum Gasteiger partial charge on any atom is 0.0892 e. The van der Waals surface area contributed by atoms with Crippen molar-refractivity contribution in [3.63, 3.8) is 0 Å². The van der Waals surface area contributed by atoms with Gasteiger partial charge in [-0.05, 0) is 11.3 Å². The third-order valence-electron chi connectivity index (χ3n) is 2.04. The van der Waals surface area contributed by atoms with Gasteiger partial charge in [-0.2, -0.15) is 0 Å². The molecule has 0 aromatic carbocycles. The van der Waals surface area contributed by atoms with Crippen molar-refractivity contribution in [1.29, 1.82) is 0 Å². The Morgan fingerprint density at radius 3 is 1.80 bits per heavy atom. The average molecular weight is 142 g/mol. The molecule has 0 aromatic rings. The Bertz CT molecular complexity index is 121. The first kappa shape index (κ1) is 8.06. The lowest BCUT2D eigenvalue weighted by atomic mass is 9.87. The highest BCUT2D eigenvalue weighted by Crippen LogP contribution is 2.41. The summed E-state index contributed by atoms with van der Waals surface area (Å²) in [6.07, 6.45) is 1.03. The minimum absolute atomic E-state index is 0.342. The van der Waals surface area contributed by atoms with Crippen molar-refractivity contribution in [2.75, 3.05) is 0 Å². The third-order valence-corrected chi connectivity index (χ3v) is 2.04. The van der Waals surface area contributed by atoms with E-state index in [9.17, 15) is 0 Å². The molecule has 1 aliphatic heterocycles. The molecule has 0 amide bonds. The van der Waals surface area contributed by atoms with E-state index in [0.29, 0.717) is 23.5 Å².